The molecule has 1 fully saturated rings. The number of nitrogens with zero attached hydrogens (tertiary/aromatic N) is 2. The number of nitrogens with one attached hydrogen (secondary N) is 1. The van der Waals surface area contributed by atoms with E-state index in [0.29, 0.717) is 32.2 Å². The normalized spacial score (nSPS) is 13.9. The predicted octanol–water partition coefficient (Wildman–Crippen LogP) is 2.23. The molecule has 0 atom stereocenters. The van der Waals surface area contributed by atoms with Crippen molar-refractivity contribution in [3.8, 4) is 5.75 Å². The molecule has 2 N–H and O–H groups in total. The van der Waals surface area contributed by atoms with E-state index in [1.54, 1.807) is 4.90 Å². The van der Waals surface area contributed by atoms with Crippen molar-refractivity contribution in [2.24, 2.45) is 0 Å². The van der Waals surface area contributed by atoms with Gasteiger partial charge >= 0.3 is 0 Å². The molecule has 3 rings (SSSR count). The molecule has 152 valence electrons. The molecule has 3 amide bonds. The maximum atomic E-state index is 13.3. The molecule has 1 aliphatic heterocycles. The predicted molar refractivity (Wildman–Crippen MR) is 101 cm³/mol. The molecule has 0 bridgehead atoms. The van der Waals surface area contributed by atoms with Gasteiger partial charge in [-0.05, 0) is 24.3 Å². The van der Waals surface area contributed by atoms with Gasteiger partial charge in [0.2, 0.25) is 5.91 Å². The van der Waals surface area contributed by atoms with Crippen LogP contribution in [0.1, 0.15) is 27.6 Å². The fourth-order valence-electron chi connectivity index (χ4n) is 3.07. The number of hydrogen-bond donors (Lipinski definition) is 2. The lowest BCUT2D eigenvalue weighted by Gasteiger charge is -2.34. The van der Waals surface area contributed by atoms with Crippen molar-refractivity contribution in [3.05, 3.63) is 59.2 Å². The van der Waals surface area contributed by atoms with Crippen molar-refractivity contribution in [2.75, 3.05) is 31.5 Å². The zero-order chi connectivity index (χ0) is 21.1. The van der Waals surface area contributed by atoms with Crippen LogP contribution >= 0.6 is 0 Å². The molecule has 1 saturated heterocycles. The number of aromatic hydroxyl groups is 1. The van der Waals surface area contributed by atoms with Gasteiger partial charge in [-0.25, -0.2) is 8.78 Å². The van der Waals surface area contributed by atoms with Crippen LogP contribution in [0.4, 0.5) is 14.5 Å². The number of piperazine rings is 1. The van der Waals surface area contributed by atoms with E-state index in [2.05, 4.69) is 5.32 Å². The highest BCUT2D eigenvalue weighted by Gasteiger charge is 2.25. The summed E-state index contributed by atoms with van der Waals surface area (Å²) in [6, 6.07) is 6.38. The number of benzene rings is 2. The monoisotopic (exact) mass is 403 g/mol. The highest BCUT2D eigenvalue weighted by molar-refractivity contribution is 6.05. The maximum absolute atomic E-state index is 13.3. The smallest absolute Gasteiger partial charge is 0.257 e. The largest absolute Gasteiger partial charge is 0.507 e. The second kappa shape index (κ2) is 8.26. The fraction of sp³-hybridized carbons (Fsp3) is 0.250. The average Bonchev–Trinajstić information content (AvgIpc) is 2.67. The van der Waals surface area contributed by atoms with Gasteiger partial charge in [0.15, 0.2) is 0 Å². The standard InChI is InChI=1S/C20H19F2N3O4/c1-12(26)24-4-6-25(7-5-24)20(29)17-3-2-16(11-18(17)27)23-19(28)13-8-14(21)10-15(22)9-13/h2-3,8-11,27H,4-7H2,1H3,(H,23,28). The number of amides is 3. The molecule has 0 radical (unpaired) electrons. The number of carbonyl (C=O) groups is 3. The Hall–Kier alpha value is -3.49. The van der Waals surface area contributed by atoms with Crippen LogP contribution in [0.3, 0.4) is 0 Å². The van der Waals surface area contributed by atoms with E-state index in [4.69, 9.17) is 0 Å². The molecular weight excluding hydrogens is 384 g/mol. The van der Waals surface area contributed by atoms with Gasteiger partial charge in [0.25, 0.3) is 11.8 Å². The Kier molecular flexibility index (Phi) is 5.76. The van der Waals surface area contributed by atoms with Crippen molar-refractivity contribution < 1.29 is 28.3 Å². The maximum Gasteiger partial charge on any atom is 0.257 e. The van der Waals surface area contributed by atoms with Gasteiger partial charge in [-0.2, -0.15) is 0 Å². The van der Waals surface area contributed by atoms with Gasteiger partial charge in [-0.15, -0.1) is 0 Å². The molecule has 2 aromatic carbocycles. The number of carbonyl (C=O) groups excluding carboxylic acids is 3. The minimum Gasteiger partial charge on any atom is -0.507 e. The molecule has 0 spiro atoms. The Morgan fingerprint density at radius 2 is 1.52 bits per heavy atom. The van der Waals surface area contributed by atoms with Crippen LogP contribution in [0.15, 0.2) is 36.4 Å². The van der Waals surface area contributed by atoms with Crippen molar-refractivity contribution in [2.45, 2.75) is 6.92 Å². The third kappa shape index (κ3) is 4.68. The molecule has 0 aromatic heterocycles. The number of halogens is 2. The van der Waals surface area contributed by atoms with Crippen LogP contribution in [0, 0.1) is 11.6 Å². The molecule has 1 aliphatic rings. The minimum atomic E-state index is -0.885. The summed E-state index contributed by atoms with van der Waals surface area (Å²) in [5.41, 5.74) is -0.00308. The summed E-state index contributed by atoms with van der Waals surface area (Å²) in [6.45, 7) is 3.00. The number of phenolic OH excluding ortho intramolecular Hbond substituents is 1. The van der Waals surface area contributed by atoms with Crippen LogP contribution in [0.25, 0.3) is 0 Å². The Balaban J connectivity index is 1.69. The molecule has 9 heteroatoms. The van der Waals surface area contributed by atoms with E-state index in [1.807, 2.05) is 0 Å². The first kappa shape index (κ1) is 20.2. The molecule has 0 unspecified atom stereocenters. The molecule has 0 aliphatic carbocycles. The minimum absolute atomic E-state index is 0.0519. The Labute approximate surface area is 165 Å². The SMILES string of the molecule is CC(=O)N1CCN(C(=O)c2ccc(NC(=O)c3cc(F)cc(F)c3)cc2O)CC1. The number of anilines is 1. The Morgan fingerprint density at radius 1 is 0.931 bits per heavy atom. The van der Waals surface area contributed by atoms with E-state index in [1.165, 1.54) is 30.0 Å². The number of hydrogen-bond acceptors (Lipinski definition) is 4. The van der Waals surface area contributed by atoms with Crippen molar-refractivity contribution in [1.82, 2.24) is 9.80 Å². The Morgan fingerprint density at radius 3 is 2.07 bits per heavy atom. The lowest BCUT2D eigenvalue weighted by Crippen LogP contribution is -2.50. The molecular formula is C20H19F2N3O4. The summed E-state index contributed by atoms with van der Waals surface area (Å²) in [5.74, 6) is -3.32. The van der Waals surface area contributed by atoms with E-state index in [9.17, 15) is 28.3 Å². The molecule has 0 saturated carbocycles. The van der Waals surface area contributed by atoms with Crippen molar-refractivity contribution >= 4 is 23.4 Å². The third-order valence-electron chi connectivity index (χ3n) is 4.62. The lowest BCUT2D eigenvalue weighted by atomic mass is 10.1. The highest BCUT2D eigenvalue weighted by atomic mass is 19.1. The van der Waals surface area contributed by atoms with Crippen molar-refractivity contribution in [3.63, 3.8) is 0 Å². The summed E-state index contributed by atoms with van der Waals surface area (Å²) in [7, 11) is 0. The van der Waals surface area contributed by atoms with Gasteiger partial charge in [-0.1, -0.05) is 0 Å². The molecule has 7 nitrogen and oxygen atoms in total. The van der Waals surface area contributed by atoms with E-state index < -0.39 is 23.4 Å². The van der Waals surface area contributed by atoms with E-state index in [0.717, 1.165) is 12.1 Å². The molecule has 2 aromatic rings. The zero-order valence-electron chi connectivity index (χ0n) is 15.6. The summed E-state index contributed by atoms with van der Waals surface area (Å²) < 4.78 is 26.5. The second-order valence-corrected chi connectivity index (χ2v) is 6.64. The second-order valence-electron chi connectivity index (χ2n) is 6.64. The first-order valence-corrected chi connectivity index (χ1v) is 8.90. The van der Waals surface area contributed by atoms with E-state index in [-0.39, 0.29) is 28.5 Å². The lowest BCUT2D eigenvalue weighted by molar-refractivity contribution is -0.130. The van der Waals surface area contributed by atoms with Crippen LogP contribution < -0.4 is 5.32 Å². The number of rotatable bonds is 3. The molecule has 1 heterocycles. The van der Waals surface area contributed by atoms with Crippen LogP contribution in [-0.2, 0) is 4.79 Å². The third-order valence-corrected chi connectivity index (χ3v) is 4.62. The zero-order valence-corrected chi connectivity index (χ0v) is 15.6. The van der Waals surface area contributed by atoms with E-state index >= 15 is 0 Å². The van der Waals surface area contributed by atoms with Crippen LogP contribution in [0.5, 0.6) is 5.75 Å². The van der Waals surface area contributed by atoms with Crippen LogP contribution in [0.2, 0.25) is 0 Å². The average molecular weight is 403 g/mol. The topological polar surface area (TPSA) is 90.0 Å². The molecule has 29 heavy (non-hydrogen) atoms. The van der Waals surface area contributed by atoms with Gasteiger partial charge < -0.3 is 20.2 Å². The fourth-order valence-corrected chi connectivity index (χ4v) is 3.07. The summed E-state index contributed by atoms with van der Waals surface area (Å²) in [5, 5.41) is 12.6. The summed E-state index contributed by atoms with van der Waals surface area (Å²) in [6.07, 6.45) is 0. The summed E-state index contributed by atoms with van der Waals surface area (Å²) in [4.78, 5) is 39.3. The summed E-state index contributed by atoms with van der Waals surface area (Å²) >= 11 is 0. The first-order chi connectivity index (χ1) is 13.7. The van der Waals surface area contributed by atoms with Gasteiger partial charge in [0, 0.05) is 56.5 Å². The van der Waals surface area contributed by atoms with Gasteiger partial charge in [-0.3, -0.25) is 14.4 Å². The van der Waals surface area contributed by atoms with Crippen molar-refractivity contribution in [1.29, 1.82) is 0 Å². The quantitative estimate of drug-likeness (QED) is 0.823. The Bertz CT molecular complexity index is 952. The number of phenols is 1. The van der Waals surface area contributed by atoms with Gasteiger partial charge in [0.1, 0.15) is 17.4 Å². The highest BCUT2D eigenvalue weighted by Crippen LogP contribution is 2.24. The first-order valence-electron chi connectivity index (χ1n) is 8.90. The van der Waals surface area contributed by atoms with Crippen LogP contribution in [-0.4, -0.2) is 58.8 Å². The van der Waals surface area contributed by atoms with Gasteiger partial charge in [0.05, 0.1) is 5.56 Å².